The first kappa shape index (κ1) is 30.1. The van der Waals surface area contributed by atoms with Gasteiger partial charge < -0.3 is 14.2 Å². The third-order valence-corrected chi connectivity index (χ3v) is 6.63. The molecule has 0 saturated heterocycles. The second-order valence-corrected chi connectivity index (χ2v) is 10.6. The van der Waals surface area contributed by atoms with Crippen LogP contribution in [-0.4, -0.2) is 41.9 Å². The summed E-state index contributed by atoms with van der Waals surface area (Å²) in [7, 11) is 0. The third-order valence-electron chi connectivity index (χ3n) is 6.63. The molecule has 0 aromatic carbocycles. The van der Waals surface area contributed by atoms with Crippen LogP contribution in [0.1, 0.15) is 93.9 Å². The molecule has 34 heavy (non-hydrogen) atoms. The molecule has 7 nitrogen and oxygen atoms in total. The molecule has 1 rings (SSSR count). The average molecular weight is 482 g/mol. The molecule has 1 aromatic rings. The Balaban J connectivity index is 2.79. The quantitative estimate of drug-likeness (QED) is 0.176. The van der Waals surface area contributed by atoms with Gasteiger partial charge in [-0.1, -0.05) is 33.6 Å². The molecule has 1 aromatic heterocycles. The van der Waals surface area contributed by atoms with Gasteiger partial charge in [-0.25, -0.2) is 9.13 Å². The first-order valence-corrected chi connectivity index (χ1v) is 13.0. The van der Waals surface area contributed by atoms with E-state index in [1.165, 1.54) is 0 Å². The number of hydrogen-bond acceptors (Lipinski definition) is 5. The van der Waals surface area contributed by atoms with Gasteiger partial charge in [0.1, 0.15) is 24.4 Å². The van der Waals surface area contributed by atoms with Crippen molar-refractivity contribution in [2.75, 3.05) is 19.8 Å². The van der Waals surface area contributed by atoms with Crippen LogP contribution in [0.5, 0.6) is 0 Å². The first-order valence-electron chi connectivity index (χ1n) is 13.0. The van der Waals surface area contributed by atoms with E-state index in [4.69, 9.17) is 14.2 Å². The summed E-state index contributed by atoms with van der Waals surface area (Å²) in [6.07, 6.45) is 11.0. The zero-order valence-corrected chi connectivity index (χ0v) is 22.9. The smallest absolute Gasteiger partial charge is 0.317 e. The number of aryl methyl sites for hydroxylation is 2. The zero-order chi connectivity index (χ0) is 25.8. The zero-order valence-electron chi connectivity index (χ0n) is 22.9. The largest absolute Gasteiger partial charge is 0.465 e. The minimum absolute atomic E-state index is 0.0553. The van der Waals surface area contributed by atoms with Gasteiger partial charge in [-0.05, 0) is 53.9 Å². The lowest BCUT2D eigenvalue weighted by atomic mass is 9.83. The number of hydrogen-bond donors (Lipinski definition) is 0. The summed E-state index contributed by atoms with van der Waals surface area (Å²) in [5.41, 5.74) is -1.99. The topological polar surface area (TPSA) is 70.6 Å². The van der Waals surface area contributed by atoms with Gasteiger partial charge in [-0.3, -0.25) is 9.59 Å². The molecule has 0 radical (unpaired) electrons. The molecular formula is C27H49N2O5+. The molecule has 7 heteroatoms. The Bertz CT molecular complexity index is 760. The van der Waals surface area contributed by atoms with Crippen molar-refractivity contribution >= 4 is 11.9 Å². The Labute approximate surface area is 207 Å². The van der Waals surface area contributed by atoms with Crippen LogP contribution in [0.3, 0.4) is 0 Å². The standard InChI is InChI=1S/C27H49N2O5/c1-9-14-25(5,6)34-21-27(8,20-33-23(30)26(7,11-3)15-10-2)24(31)32-19-13-16-29-18-17-28(12-4)22-29/h17-18,22H,9-16,19-21H2,1-8H3/q+1. The van der Waals surface area contributed by atoms with Crippen molar-refractivity contribution in [1.29, 1.82) is 0 Å². The predicted molar refractivity (Wildman–Crippen MR) is 133 cm³/mol. The molecular weight excluding hydrogens is 432 g/mol. The van der Waals surface area contributed by atoms with Crippen LogP contribution in [0.15, 0.2) is 18.7 Å². The first-order chi connectivity index (χ1) is 15.9. The van der Waals surface area contributed by atoms with Crippen LogP contribution in [-0.2, 0) is 36.9 Å². The molecule has 2 atom stereocenters. The number of aromatic nitrogens is 2. The molecule has 0 aliphatic heterocycles. The SMILES string of the molecule is CCCC(C)(C)OCC(C)(COC(=O)C(C)(CC)CCC)C(=O)OCCC[n+]1ccn(CC)c1. The lowest BCUT2D eigenvalue weighted by Crippen LogP contribution is -2.44. The minimum atomic E-state index is -1.07. The molecule has 2 unspecified atom stereocenters. The summed E-state index contributed by atoms with van der Waals surface area (Å²) in [4.78, 5) is 26.0. The molecule has 0 bridgehead atoms. The summed E-state index contributed by atoms with van der Waals surface area (Å²) in [5, 5.41) is 0. The van der Waals surface area contributed by atoms with Crippen molar-refractivity contribution in [2.24, 2.45) is 10.8 Å². The Morgan fingerprint density at radius 2 is 1.53 bits per heavy atom. The van der Waals surface area contributed by atoms with E-state index in [9.17, 15) is 9.59 Å². The van der Waals surface area contributed by atoms with Crippen molar-refractivity contribution < 1.29 is 28.4 Å². The highest BCUT2D eigenvalue weighted by atomic mass is 16.6. The van der Waals surface area contributed by atoms with Gasteiger partial charge >= 0.3 is 11.9 Å². The summed E-state index contributed by atoms with van der Waals surface area (Å²) in [6.45, 7) is 18.0. The molecule has 0 spiro atoms. The van der Waals surface area contributed by atoms with E-state index in [2.05, 4.69) is 29.9 Å². The van der Waals surface area contributed by atoms with Gasteiger partial charge in [0.25, 0.3) is 0 Å². The predicted octanol–water partition coefficient (Wildman–Crippen LogP) is 5.09. The lowest BCUT2D eigenvalue weighted by Gasteiger charge is -2.33. The molecule has 0 amide bonds. The fourth-order valence-corrected chi connectivity index (χ4v) is 3.91. The minimum Gasteiger partial charge on any atom is -0.465 e. The number of rotatable bonds is 17. The highest BCUT2D eigenvalue weighted by Gasteiger charge is 2.41. The van der Waals surface area contributed by atoms with Crippen molar-refractivity contribution in [2.45, 2.75) is 113 Å². The maximum absolute atomic E-state index is 13.2. The Hall–Kier alpha value is -1.89. The molecule has 1 heterocycles. The summed E-state index contributed by atoms with van der Waals surface area (Å²) in [6, 6.07) is 0. The number of ether oxygens (including phenoxy) is 3. The van der Waals surface area contributed by atoms with Crippen molar-refractivity contribution in [3.8, 4) is 0 Å². The second kappa shape index (κ2) is 13.9. The number of carbonyl (C=O) groups is 2. The van der Waals surface area contributed by atoms with Gasteiger partial charge in [0, 0.05) is 6.42 Å². The molecule has 0 aliphatic carbocycles. The normalized spacial score (nSPS) is 15.4. The third kappa shape index (κ3) is 9.40. The van der Waals surface area contributed by atoms with E-state index in [0.29, 0.717) is 19.4 Å². The molecule has 196 valence electrons. The van der Waals surface area contributed by atoms with E-state index in [1.807, 2.05) is 46.4 Å². The van der Waals surface area contributed by atoms with E-state index < -0.39 is 16.8 Å². The maximum Gasteiger partial charge on any atom is 0.317 e. The monoisotopic (exact) mass is 481 g/mol. The van der Waals surface area contributed by atoms with Crippen LogP contribution in [0.2, 0.25) is 0 Å². The van der Waals surface area contributed by atoms with E-state index in [0.717, 1.165) is 38.8 Å². The number of carbonyl (C=O) groups excluding carboxylic acids is 2. The van der Waals surface area contributed by atoms with Crippen LogP contribution in [0.4, 0.5) is 0 Å². The fourth-order valence-electron chi connectivity index (χ4n) is 3.91. The molecule has 0 fully saturated rings. The number of imidazole rings is 1. The molecule has 0 N–H and O–H groups in total. The Morgan fingerprint density at radius 3 is 2.09 bits per heavy atom. The van der Waals surface area contributed by atoms with Crippen LogP contribution < -0.4 is 4.57 Å². The van der Waals surface area contributed by atoms with E-state index >= 15 is 0 Å². The number of esters is 2. The summed E-state index contributed by atoms with van der Waals surface area (Å²) in [5.74, 6) is -0.655. The van der Waals surface area contributed by atoms with Gasteiger partial charge in [-0.15, -0.1) is 0 Å². The fraction of sp³-hybridized carbons (Fsp3) is 0.815. The highest BCUT2D eigenvalue weighted by Crippen LogP contribution is 2.31. The Kier molecular flexibility index (Phi) is 12.3. The van der Waals surface area contributed by atoms with Crippen molar-refractivity contribution in [3.05, 3.63) is 18.7 Å². The van der Waals surface area contributed by atoms with E-state index in [1.54, 1.807) is 6.92 Å². The van der Waals surface area contributed by atoms with Crippen molar-refractivity contribution in [3.63, 3.8) is 0 Å². The van der Waals surface area contributed by atoms with Crippen molar-refractivity contribution in [1.82, 2.24) is 4.57 Å². The van der Waals surface area contributed by atoms with Gasteiger partial charge in [0.2, 0.25) is 6.33 Å². The van der Waals surface area contributed by atoms with Gasteiger partial charge in [0.15, 0.2) is 0 Å². The molecule has 0 aliphatic rings. The van der Waals surface area contributed by atoms with Crippen LogP contribution in [0.25, 0.3) is 0 Å². The van der Waals surface area contributed by atoms with Crippen LogP contribution >= 0.6 is 0 Å². The van der Waals surface area contributed by atoms with Gasteiger partial charge in [0.05, 0.1) is 37.3 Å². The lowest BCUT2D eigenvalue weighted by molar-refractivity contribution is -0.697. The summed E-state index contributed by atoms with van der Waals surface area (Å²) < 4.78 is 21.7. The van der Waals surface area contributed by atoms with Crippen LogP contribution in [0, 0.1) is 10.8 Å². The second-order valence-electron chi connectivity index (χ2n) is 10.6. The Morgan fingerprint density at radius 1 is 0.882 bits per heavy atom. The number of nitrogens with zero attached hydrogens (tertiary/aromatic N) is 2. The highest BCUT2D eigenvalue weighted by molar-refractivity contribution is 5.79. The maximum atomic E-state index is 13.2. The summed E-state index contributed by atoms with van der Waals surface area (Å²) >= 11 is 0. The van der Waals surface area contributed by atoms with Gasteiger partial charge in [-0.2, -0.15) is 0 Å². The molecule has 0 saturated carbocycles. The average Bonchev–Trinajstić information content (AvgIpc) is 3.27. The van der Waals surface area contributed by atoms with E-state index in [-0.39, 0.29) is 24.8 Å².